The number of aromatic amines is 1. The summed E-state index contributed by atoms with van der Waals surface area (Å²) in [6.07, 6.45) is 1.36. The minimum absolute atomic E-state index is 0.101. The third-order valence-corrected chi connectivity index (χ3v) is 5.21. The van der Waals surface area contributed by atoms with Crippen molar-refractivity contribution in [3.63, 3.8) is 0 Å². The van der Waals surface area contributed by atoms with Crippen molar-refractivity contribution in [2.45, 2.75) is 24.7 Å². The van der Waals surface area contributed by atoms with Gasteiger partial charge in [0.1, 0.15) is 0 Å². The zero-order valence-electron chi connectivity index (χ0n) is 13.1. The molecule has 0 bridgehead atoms. The molecule has 0 saturated heterocycles. The molecule has 0 amide bonds. The fraction of sp³-hybridized carbons (Fsp3) is 0.176. The fourth-order valence-electron chi connectivity index (χ4n) is 2.44. The normalized spacial score (nSPS) is 12.0. The van der Waals surface area contributed by atoms with Crippen LogP contribution in [0.4, 0.5) is 14.5 Å². The topological polar surface area (TPSA) is 62.0 Å². The van der Waals surface area contributed by atoms with Gasteiger partial charge in [-0.3, -0.25) is 4.72 Å². The van der Waals surface area contributed by atoms with Gasteiger partial charge in [0.25, 0.3) is 10.0 Å². The number of H-pyrrole nitrogens is 1. The number of anilines is 1. The molecule has 1 aromatic heterocycles. The summed E-state index contributed by atoms with van der Waals surface area (Å²) in [6.45, 7) is 4.03. The Labute approximate surface area is 138 Å². The molecule has 4 nitrogen and oxygen atoms in total. The molecule has 1 heterocycles. The van der Waals surface area contributed by atoms with E-state index in [0.717, 1.165) is 17.7 Å². The van der Waals surface area contributed by atoms with E-state index >= 15 is 0 Å². The average Bonchev–Trinajstić information content (AvgIpc) is 2.89. The second-order valence-corrected chi connectivity index (χ2v) is 7.53. The van der Waals surface area contributed by atoms with Crippen LogP contribution >= 0.6 is 0 Å². The van der Waals surface area contributed by atoms with Crippen molar-refractivity contribution in [2.75, 3.05) is 4.72 Å². The molecular weight excluding hydrogens is 334 g/mol. The first kappa shape index (κ1) is 16.4. The van der Waals surface area contributed by atoms with Crippen LogP contribution in [-0.4, -0.2) is 13.4 Å². The summed E-state index contributed by atoms with van der Waals surface area (Å²) in [7, 11) is -3.83. The van der Waals surface area contributed by atoms with Gasteiger partial charge in [0.15, 0.2) is 11.6 Å². The lowest BCUT2D eigenvalue weighted by Crippen LogP contribution is -2.12. The second kappa shape index (κ2) is 5.90. The van der Waals surface area contributed by atoms with Crippen molar-refractivity contribution >= 4 is 26.6 Å². The number of hydrogen-bond donors (Lipinski definition) is 2. The van der Waals surface area contributed by atoms with Gasteiger partial charge in [0.2, 0.25) is 0 Å². The maximum absolute atomic E-state index is 13.4. The number of hydrogen-bond acceptors (Lipinski definition) is 2. The molecule has 2 aromatic carbocycles. The number of sulfonamides is 1. The first-order chi connectivity index (χ1) is 11.3. The van der Waals surface area contributed by atoms with Crippen LogP contribution in [0.5, 0.6) is 0 Å². The molecule has 0 aliphatic heterocycles. The zero-order chi connectivity index (χ0) is 17.5. The van der Waals surface area contributed by atoms with Gasteiger partial charge < -0.3 is 4.98 Å². The molecule has 0 aliphatic carbocycles. The van der Waals surface area contributed by atoms with Crippen molar-refractivity contribution in [3.8, 4) is 0 Å². The van der Waals surface area contributed by atoms with Gasteiger partial charge in [-0.1, -0.05) is 26.0 Å². The van der Waals surface area contributed by atoms with Gasteiger partial charge in [-0.25, -0.2) is 17.2 Å². The summed E-state index contributed by atoms with van der Waals surface area (Å²) in [5, 5.41) is 0.260. The molecule has 0 unspecified atom stereocenters. The molecule has 3 aromatic rings. The number of halogens is 2. The molecular formula is C17H16F2N2O2S. The molecule has 0 spiro atoms. The number of nitrogens with one attached hydrogen (secondary N) is 2. The molecule has 0 atom stereocenters. The van der Waals surface area contributed by atoms with Gasteiger partial charge in [0, 0.05) is 17.6 Å². The Balaban J connectivity index is 1.96. The van der Waals surface area contributed by atoms with E-state index in [1.807, 2.05) is 13.8 Å². The second-order valence-electron chi connectivity index (χ2n) is 5.84. The monoisotopic (exact) mass is 350 g/mol. The van der Waals surface area contributed by atoms with Crippen molar-refractivity contribution < 1.29 is 17.2 Å². The maximum Gasteiger partial charge on any atom is 0.261 e. The predicted octanol–water partition coefficient (Wildman–Crippen LogP) is 4.37. The van der Waals surface area contributed by atoms with Crippen LogP contribution in [0.25, 0.3) is 10.9 Å². The summed E-state index contributed by atoms with van der Waals surface area (Å²) < 4.78 is 54.0. The molecule has 126 valence electrons. The van der Waals surface area contributed by atoms with Crippen LogP contribution in [0.15, 0.2) is 47.5 Å². The van der Waals surface area contributed by atoms with Crippen LogP contribution in [0.2, 0.25) is 0 Å². The van der Waals surface area contributed by atoms with Crippen LogP contribution < -0.4 is 4.72 Å². The molecule has 3 rings (SSSR count). The Hall–Kier alpha value is -2.41. The van der Waals surface area contributed by atoms with Gasteiger partial charge >= 0.3 is 0 Å². The highest BCUT2D eigenvalue weighted by molar-refractivity contribution is 7.92. The lowest BCUT2D eigenvalue weighted by Gasteiger charge is -2.09. The molecule has 0 aliphatic rings. The van der Waals surface area contributed by atoms with Gasteiger partial charge in [0.05, 0.1) is 16.1 Å². The van der Waals surface area contributed by atoms with Crippen LogP contribution in [0, 0.1) is 11.6 Å². The Morgan fingerprint density at radius 2 is 1.67 bits per heavy atom. The van der Waals surface area contributed by atoms with Crippen LogP contribution in [0.1, 0.15) is 25.3 Å². The molecule has 0 radical (unpaired) electrons. The highest BCUT2D eigenvalue weighted by atomic mass is 32.2. The first-order valence-corrected chi connectivity index (χ1v) is 8.85. The predicted molar refractivity (Wildman–Crippen MR) is 89.6 cm³/mol. The van der Waals surface area contributed by atoms with Crippen LogP contribution in [0.3, 0.4) is 0 Å². The van der Waals surface area contributed by atoms with E-state index in [1.54, 1.807) is 12.1 Å². The maximum atomic E-state index is 13.4. The van der Waals surface area contributed by atoms with E-state index in [1.165, 1.54) is 18.3 Å². The molecule has 24 heavy (non-hydrogen) atoms. The van der Waals surface area contributed by atoms with E-state index in [4.69, 9.17) is 0 Å². The van der Waals surface area contributed by atoms with Gasteiger partial charge in [-0.05, 0) is 29.7 Å². The summed E-state index contributed by atoms with van der Waals surface area (Å²) in [4.78, 5) is 2.82. The van der Waals surface area contributed by atoms with Crippen molar-refractivity contribution in [3.05, 3.63) is 59.8 Å². The number of aromatic nitrogens is 1. The fourth-order valence-corrected chi connectivity index (χ4v) is 3.51. The standard InChI is InChI=1S/C17H16F2N2O2S/c1-10(2)11-3-5-12(6-4-11)24(22,23)21-17-9-20-16-8-15(19)14(18)7-13(16)17/h3-10,20-21H,1-2H3. The summed E-state index contributed by atoms with van der Waals surface area (Å²) in [5.74, 6) is -1.74. The highest BCUT2D eigenvalue weighted by Crippen LogP contribution is 2.28. The summed E-state index contributed by atoms with van der Waals surface area (Å²) >= 11 is 0. The van der Waals surface area contributed by atoms with E-state index in [0.29, 0.717) is 11.4 Å². The Bertz CT molecular complexity index is 993. The number of rotatable bonds is 4. The molecule has 2 N–H and O–H groups in total. The Kier molecular flexibility index (Phi) is 4.04. The van der Waals surface area contributed by atoms with Gasteiger partial charge in [-0.15, -0.1) is 0 Å². The van der Waals surface area contributed by atoms with Crippen LogP contribution in [-0.2, 0) is 10.0 Å². The minimum Gasteiger partial charge on any atom is -0.359 e. The Morgan fingerprint density at radius 3 is 2.29 bits per heavy atom. The minimum atomic E-state index is -3.83. The average molecular weight is 350 g/mol. The summed E-state index contributed by atoms with van der Waals surface area (Å²) in [6, 6.07) is 8.49. The van der Waals surface area contributed by atoms with Gasteiger partial charge in [-0.2, -0.15) is 0 Å². The first-order valence-electron chi connectivity index (χ1n) is 7.37. The third kappa shape index (κ3) is 2.99. The van der Waals surface area contributed by atoms with E-state index in [-0.39, 0.29) is 16.0 Å². The molecule has 7 heteroatoms. The molecule has 0 saturated carbocycles. The Morgan fingerprint density at radius 1 is 1.04 bits per heavy atom. The van der Waals surface area contributed by atoms with Crippen molar-refractivity contribution in [1.82, 2.24) is 4.98 Å². The van der Waals surface area contributed by atoms with E-state index in [2.05, 4.69) is 9.71 Å². The number of benzene rings is 2. The highest BCUT2D eigenvalue weighted by Gasteiger charge is 2.17. The van der Waals surface area contributed by atoms with Crippen molar-refractivity contribution in [1.29, 1.82) is 0 Å². The van der Waals surface area contributed by atoms with E-state index in [9.17, 15) is 17.2 Å². The van der Waals surface area contributed by atoms with Crippen molar-refractivity contribution in [2.24, 2.45) is 0 Å². The number of fused-ring (bicyclic) bond motifs is 1. The lowest BCUT2D eigenvalue weighted by atomic mass is 10.0. The zero-order valence-corrected chi connectivity index (χ0v) is 13.9. The summed E-state index contributed by atoms with van der Waals surface area (Å²) in [5.41, 5.74) is 1.50. The lowest BCUT2D eigenvalue weighted by molar-refractivity contribution is 0.511. The third-order valence-electron chi connectivity index (χ3n) is 3.82. The quantitative estimate of drug-likeness (QED) is 0.734. The van der Waals surface area contributed by atoms with E-state index < -0.39 is 21.7 Å². The molecule has 0 fully saturated rings. The SMILES string of the molecule is CC(C)c1ccc(S(=O)(=O)Nc2c[nH]c3cc(F)c(F)cc23)cc1. The largest absolute Gasteiger partial charge is 0.359 e. The smallest absolute Gasteiger partial charge is 0.261 e.